The van der Waals surface area contributed by atoms with E-state index >= 15 is 0 Å². The number of aliphatic imine (C=N–C) groups is 1. The molecule has 1 saturated heterocycles. The van der Waals surface area contributed by atoms with Gasteiger partial charge in [0.05, 0.1) is 18.8 Å². The highest BCUT2D eigenvalue weighted by atomic mass is 35.5. The number of hydrogen-bond acceptors (Lipinski definition) is 4. The van der Waals surface area contributed by atoms with Crippen molar-refractivity contribution in [2.24, 2.45) is 12.0 Å². The summed E-state index contributed by atoms with van der Waals surface area (Å²) in [5.41, 5.74) is 2.45. The molecule has 0 bridgehead atoms. The summed E-state index contributed by atoms with van der Waals surface area (Å²) in [7, 11) is 6.13. The van der Waals surface area contributed by atoms with Crippen molar-refractivity contribution in [1.29, 1.82) is 0 Å². The lowest BCUT2D eigenvalue weighted by molar-refractivity contribution is 0.172. The number of hydrogen-bond donors (Lipinski definition) is 1. The third-order valence-corrected chi connectivity index (χ3v) is 5.68. The van der Waals surface area contributed by atoms with Crippen molar-refractivity contribution < 1.29 is 0 Å². The Labute approximate surface area is 185 Å². The molecule has 3 rings (SSSR count). The van der Waals surface area contributed by atoms with Crippen molar-refractivity contribution in [2.75, 3.05) is 53.4 Å². The molecule has 1 aromatic heterocycles. The van der Waals surface area contributed by atoms with E-state index in [-0.39, 0.29) is 6.04 Å². The first kappa shape index (κ1) is 22.6. The molecule has 0 aliphatic carbocycles. The number of halogens is 1. The molecule has 7 nitrogen and oxygen atoms in total. The van der Waals surface area contributed by atoms with Crippen LogP contribution >= 0.6 is 11.6 Å². The Balaban J connectivity index is 1.60. The van der Waals surface area contributed by atoms with Crippen LogP contribution in [0.3, 0.4) is 0 Å². The molecule has 1 fully saturated rings. The van der Waals surface area contributed by atoms with Crippen molar-refractivity contribution in [1.82, 2.24) is 29.8 Å². The SMILES string of the molecule is CCNC(=NCC(c1cnn(C)c1)N(C)C)N1CCN(Cc2cccc(Cl)c2)CC1. The number of aromatic nitrogens is 2. The molecule has 1 aliphatic heterocycles. The molecule has 1 aromatic carbocycles. The van der Waals surface area contributed by atoms with Gasteiger partial charge in [-0.2, -0.15) is 5.10 Å². The van der Waals surface area contributed by atoms with Crippen molar-refractivity contribution in [3.8, 4) is 0 Å². The zero-order chi connectivity index (χ0) is 21.5. The molecule has 1 atom stereocenters. The number of benzene rings is 1. The highest BCUT2D eigenvalue weighted by molar-refractivity contribution is 6.30. The second-order valence-corrected chi connectivity index (χ2v) is 8.45. The number of guanidine groups is 1. The molecular weight excluding hydrogens is 398 g/mol. The zero-order valence-electron chi connectivity index (χ0n) is 18.6. The minimum absolute atomic E-state index is 0.205. The summed E-state index contributed by atoms with van der Waals surface area (Å²) >= 11 is 6.13. The van der Waals surface area contributed by atoms with Crippen LogP contribution < -0.4 is 5.32 Å². The molecule has 1 N–H and O–H groups in total. The topological polar surface area (TPSA) is 51.9 Å². The minimum atomic E-state index is 0.205. The summed E-state index contributed by atoms with van der Waals surface area (Å²) in [4.78, 5) is 12.0. The Morgan fingerprint density at radius 3 is 2.63 bits per heavy atom. The predicted molar refractivity (Wildman–Crippen MR) is 124 cm³/mol. The van der Waals surface area contributed by atoms with Gasteiger partial charge in [0, 0.05) is 63.1 Å². The van der Waals surface area contributed by atoms with Gasteiger partial charge < -0.3 is 15.1 Å². The molecule has 0 amide bonds. The van der Waals surface area contributed by atoms with Gasteiger partial charge in [-0.15, -0.1) is 0 Å². The first-order chi connectivity index (χ1) is 14.5. The fourth-order valence-corrected chi connectivity index (χ4v) is 4.00. The van der Waals surface area contributed by atoms with E-state index in [0.29, 0.717) is 6.54 Å². The van der Waals surface area contributed by atoms with Crippen LogP contribution in [-0.2, 0) is 13.6 Å². The fraction of sp³-hybridized carbons (Fsp3) is 0.545. The molecule has 0 spiro atoms. The van der Waals surface area contributed by atoms with E-state index in [2.05, 4.69) is 64.5 Å². The van der Waals surface area contributed by atoms with Gasteiger partial charge in [-0.05, 0) is 38.7 Å². The molecular formula is C22H34ClN7. The highest BCUT2D eigenvalue weighted by Gasteiger charge is 2.21. The zero-order valence-corrected chi connectivity index (χ0v) is 19.3. The molecule has 8 heteroatoms. The minimum Gasteiger partial charge on any atom is -0.357 e. The van der Waals surface area contributed by atoms with Gasteiger partial charge in [-0.1, -0.05) is 23.7 Å². The molecule has 0 radical (unpaired) electrons. The molecule has 2 heterocycles. The number of aryl methyl sites for hydroxylation is 1. The Kier molecular flexibility index (Phi) is 8.13. The lowest BCUT2D eigenvalue weighted by Gasteiger charge is -2.36. The van der Waals surface area contributed by atoms with E-state index in [0.717, 1.165) is 50.3 Å². The third-order valence-electron chi connectivity index (χ3n) is 5.45. The smallest absolute Gasteiger partial charge is 0.194 e. The average Bonchev–Trinajstić information content (AvgIpc) is 3.14. The Morgan fingerprint density at radius 1 is 1.27 bits per heavy atom. The van der Waals surface area contributed by atoms with Crippen molar-refractivity contribution in [3.05, 3.63) is 52.8 Å². The van der Waals surface area contributed by atoms with Crippen LogP contribution in [0.15, 0.2) is 41.7 Å². The molecule has 30 heavy (non-hydrogen) atoms. The number of piperazine rings is 1. The first-order valence-corrected chi connectivity index (χ1v) is 11.0. The largest absolute Gasteiger partial charge is 0.357 e. The number of rotatable bonds is 7. The van der Waals surface area contributed by atoms with E-state index in [9.17, 15) is 0 Å². The Morgan fingerprint density at radius 2 is 2.03 bits per heavy atom. The second kappa shape index (κ2) is 10.8. The van der Waals surface area contributed by atoms with Crippen LogP contribution in [0.4, 0.5) is 0 Å². The van der Waals surface area contributed by atoms with Crippen LogP contribution in [0, 0.1) is 0 Å². The Bertz CT molecular complexity index is 824. The van der Waals surface area contributed by atoms with Crippen LogP contribution in [0.25, 0.3) is 0 Å². The molecule has 1 unspecified atom stereocenters. The molecule has 2 aromatic rings. The van der Waals surface area contributed by atoms with E-state index in [4.69, 9.17) is 16.6 Å². The van der Waals surface area contributed by atoms with Crippen LogP contribution in [0.2, 0.25) is 5.02 Å². The maximum absolute atomic E-state index is 6.13. The summed E-state index contributed by atoms with van der Waals surface area (Å²) in [5, 5.41) is 8.60. The quantitative estimate of drug-likeness (QED) is 0.539. The summed E-state index contributed by atoms with van der Waals surface area (Å²) < 4.78 is 1.85. The van der Waals surface area contributed by atoms with Gasteiger partial charge in [0.2, 0.25) is 0 Å². The lowest BCUT2D eigenvalue weighted by Crippen LogP contribution is -2.52. The fourth-order valence-electron chi connectivity index (χ4n) is 3.79. The summed E-state index contributed by atoms with van der Waals surface area (Å²) in [5.74, 6) is 0.996. The summed E-state index contributed by atoms with van der Waals surface area (Å²) in [6.45, 7) is 8.57. The second-order valence-electron chi connectivity index (χ2n) is 8.01. The highest BCUT2D eigenvalue weighted by Crippen LogP contribution is 2.18. The normalized spacial score (nSPS) is 16.9. The van der Waals surface area contributed by atoms with Gasteiger partial charge in [0.15, 0.2) is 5.96 Å². The predicted octanol–water partition coefficient (Wildman–Crippen LogP) is 2.46. The lowest BCUT2D eigenvalue weighted by atomic mass is 10.1. The van der Waals surface area contributed by atoms with Crippen LogP contribution in [0.5, 0.6) is 0 Å². The maximum Gasteiger partial charge on any atom is 0.194 e. The number of nitrogens with one attached hydrogen (secondary N) is 1. The molecule has 0 saturated carbocycles. The Hall–Kier alpha value is -2.09. The van der Waals surface area contributed by atoms with Crippen LogP contribution in [0.1, 0.15) is 24.1 Å². The van der Waals surface area contributed by atoms with E-state index in [1.165, 1.54) is 11.1 Å². The summed E-state index contributed by atoms with van der Waals surface area (Å²) in [6, 6.07) is 8.35. The van der Waals surface area contributed by atoms with Gasteiger partial charge in [0.25, 0.3) is 0 Å². The third kappa shape index (κ3) is 6.20. The number of likely N-dealkylation sites (N-methyl/N-ethyl adjacent to an activating group) is 1. The first-order valence-electron chi connectivity index (χ1n) is 10.6. The van der Waals surface area contributed by atoms with Crippen molar-refractivity contribution in [3.63, 3.8) is 0 Å². The van der Waals surface area contributed by atoms with Gasteiger partial charge in [-0.3, -0.25) is 14.6 Å². The van der Waals surface area contributed by atoms with Gasteiger partial charge in [-0.25, -0.2) is 0 Å². The van der Waals surface area contributed by atoms with Crippen molar-refractivity contribution >= 4 is 17.6 Å². The molecule has 1 aliphatic rings. The van der Waals surface area contributed by atoms with Crippen molar-refractivity contribution in [2.45, 2.75) is 19.5 Å². The molecule has 164 valence electrons. The van der Waals surface area contributed by atoms with E-state index in [1.54, 1.807) is 0 Å². The maximum atomic E-state index is 6.13. The number of nitrogens with zero attached hydrogens (tertiary/aromatic N) is 6. The van der Waals surface area contributed by atoms with E-state index in [1.807, 2.05) is 30.1 Å². The van der Waals surface area contributed by atoms with Gasteiger partial charge in [0.1, 0.15) is 0 Å². The monoisotopic (exact) mass is 431 g/mol. The van der Waals surface area contributed by atoms with Crippen LogP contribution in [-0.4, -0.2) is 83.8 Å². The summed E-state index contributed by atoms with van der Waals surface area (Å²) in [6.07, 6.45) is 4.00. The van der Waals surface area contributed by atoms with Gasteiger partial charge >= 0.3 is 0 Å². The standard InChI is InChI=1S/C22H34ClN7/c1-5-24-22(25-15-21(27(2)3)19-14-26-28(4)17-19)30-11-9-29(10-12-30)16-18-7-6-8-20(23)13-18/h6-8,13-14,17,21H,5,9-12,15-16H2,1-4H3,(H,24,25). The average molecular weight is 432 g/mol. The van der Waals surface area contributed by atoms with E-state index < -0.39 is 0 Å².